The second kappa shape index (κ2) is 8.47. The largest absolute Gasteiger partial charge is 0.455 e. The van der Waals surface area contributed by atoms with Crippen molar-refractivity contribution >= 4 is 29.2 Å². The van der Waals surface area contributed by atoms with Crippen LogP contribution in [0, 0.1) is 0 Å². The average Bonchev–Trinajstić information content (AvgIpc) is 3.35. The Balaban J connectivity index is 1.24. The molecule has 2 aromatic carbocycles. The van der Waals surface area contributed by atoms with Gasteiger partial charge in [0.2, 0.25) is 5.91 Å². The van der Waals surface area contributed by atoms with Crippen molar-refractivity contribution in [3.8, 4) is 0 Å². The van der Waals surface area contributed by atoms with Gasteiger partial charge >= 0.3 is 5.97 Å². The number of anilines is 2. The molecule has 2 aromatic rings. The molecule has 0 atom stereocenters. The van der Waals surface area contributed by atoms with E-state index < -0.39 is 11.9 Å². The Morgan fingerprint density at radius 1 is 0.966 bits per heavy atom. The highest BCUT2D eigenvalue weighted by Gasteiger charge is 2.21. The van der Waals surface area contributed by atoms with Crippen molar-refractivity contribution in [1.29, 1.82) is 0 Å². The summed E-state index contributed by atoms with van der Waals surface area (Å²) in [4.78, 5) is 37.6. The smallest absolute Gasteiger partial charge is 0.310 e. The third-order valence-electron chi connectivity index (χ3n) is 5.41. The Morgan fingerprint density at radius 3 is 2.52 bits per heavy atom. The van der Waals surface area contributed by atoms with Crippen molar-refractivity contribution in [2.24, 2.45) is 0 Å². The first-order chi connectivity index (χ1) is 14.1. The number of hydrogen-bond donors (Lipinski definition) is 1. The highest BCUT2D eigenvalue weighted by Crippen LogP contribution is 2.24. The number of esters is 1. The molecular formula is C23H24N2O4. The Morgan fingerprint density at radius 2 is 1.76 bits per heavy atom. The van der Waals surface area contributed by atoms with Crippen LogP contribution in [0.25, 0.3) is 0 Å². The fraction of sp³-hybridized carbons (Fsp3) is 0.348. The van der Waals surface area contributed by atoms with Crippen LogP contribution in [0.15, 0.2) is 42.5 Å². The summed E-state index contributed by atoms with van der Waals surface area (Å²) in [5.41, 5.74) is 5.02. The van der Waals surface area contributed by atoms with Crippen molar-refractivity contribution in [3.05, 3.63) is 59.2 Å². The van der Waals surface area contributed by atoms with Crippen molar-refractivity contribution in [2.75, 3.05) is 23.4 Å². The number of nitrogens with zero attached hydrogens (tertiary/aromatic N) is 1. The van der Waals surface area contributed by atoms with Gasteiger partial charge in [-0.15, -0.1) is 0 Å². The van der Waals surface area contributed by atoms with Gasteiger partial charge in [0.25, 0.3) is 5.91 Å². The maximum absolute atomic E-state index is 12.1. The van der Waals surface area contributed by atoms with Crippen molar-refractivity contribution in [1.82, 2.24) is 0 Å². The van der Waals surface area contributed by atoms with Crippen LogP contribution in [-0.4, -0.2) is 30.9 Å². The third-order valence-corrected chi connectivity index (χ3v) is 5.41. The molecular weight excluding hydrogens is 368 g/mol. The quantitative estimate of drug-likeness (QED) is 0.767. The summed E-state index contributed by atoms with van der Waals surface area (Å²) in [5, 5.41) is 2.70. The number of carbonyl (C=O) groups is 3. The zero-order valence-electron chi connectivity index (χ0n) is 16.3. The maximum Gasteiger partial charge on any atom is 0.310 e. The average molecular weight is 392 g/mol. The molecule has 1 aliphatic heterocycles. The van der Waals surface area contributed by atoms with E-state index in [9.17, 15) is 14.4 Å². The minimum Gasteiger partial charge on any atom is -0.455 e. The van der Waals surface area contributed by atoms with E-state index in [0.29, 0.717) is 12.1 Å². The molecule has 0 unspecified atom stereocenters. The van der Waals surface area contributed by atoms with Gasteiger partial charge < -0.3 is 15.0 Å². The zero-order valence-corrected chi connectivity index (χ0v) is 16.3. The normalized spacial score (nSPS) is 15.3. The lowest BCUT2D eigenvalue weighted by Gasteiger charge is -2.16. The molecule has 0 aromatic heterocycles. The lowest BCUT2D eigenvalue weighted by molar-refractivity contribution is -0.146. The highest BCUT2D eigenvalue weighted by molar-refractivity contribution is 5.96. The number of hydrogen-bond acceptors (Lipinski definition) is 4. The molecule has 150 valence electrons. The van der Waals surface area contributed by atoms with Crippen LogP contribution in [0.5, 0.6) is 0 Å². The van der Waals surface area contributed by atoms with Crippen molar-refractivity contribution < 1.29 is 19.1 Å². The molecule has 0 saturated carbocycles. The molecule has 6 heteroatoms. The monoisotopic (exact) mass is 392 g/mol. The number of carbonyl (C=O) groups excluding carboxylic acids is 3. The van der Waals surface area contributed by atoms with Crippen LogP contribution in [0.2, 0.25) is 0 Å². The molecule has 29 heavy (non-hydrogen) atoms. The van der Waals surface area contributed by atoms with E-state index in [4.69, 9.17) is 4.74 Å². The first-order valence-electron chi connectivity index (χ1n) is 10.0. The lowest BCUT2D eigenvalue weighted by Crippen LogP contribution is -2.24. The summed E-state index contributed by atoms with van der Waals surface area (Å²) in [7, 11) is 0. The predicted molar refractivity (Wildman–Crippen MR) is 110 cm³/mol. The minimum absolute atomic E-state index is 0.122. The molecule has 0 spiro atoms. The summed E-state index contributed by atoms with van der Waals surface area (Å²) in [6, 6.07) is 13.2. The number of rotatable bonds is 6. The van der Waals surface area contributed by atoms with E-state index in [-0.39, 0.29) is 18.9 Å². The van der Waals surface area contributed by atoms with Gasteiger partial charge in [0, 0.05) is 24.3 Å². The summed E-state index contributed by atoms with van der Waals surface area (Å²) in [6.07, 6.45) is 4.95. The van der Waals surface area contributed by atoms with Crippen LogP contribution in [0.1, 0.15) is 36.0 Å². The van der Waals surface area contributed by atoms with Gasteiger partial charge in [-0.3, -0.25) is 14.4 Å². The predicted octanol–water partition coefficient (Wildman–Crippen LogP) is 3.03. The summed E-state index contributed by atoms with van der Waals surface area (Å²) in [5.74, 6) is -0.685. The first kappa shape index (κ1) is 19.2. The van der Waals surface area contributed by atoms with Gasteiger partial charge in [-0.25, -0.2) is 0 Å². The molecule has 1 saturated heterocycles. The zero-order chi connectivity index (χ0) is 20.2. The van der Waals surface area contributed by atoms with E-state index in [0.717, 1.165) is 37.1 Å². The van der Waals surface area contributed by atoms with Gasteiger partial charge in [-0.2, -0.15) is 0 Å². The Hall–Kier alpha value is -3.15. The van der Waals surface area contributed by atoms with Gasteiger partial charge in [-0.05, 0) is 66.6 Å². The van der Waals surface area contributed by atoms with Gasteiger partial charge in [0.1, 0.15) is 0 Å². The molecule has 6 nitrogen and oxygen atoms in total. The molecule has 0 radical (unpaired) electrons. The van der Waals surface area contributed by atoms with E-state index in [1.807, 2.05) is 6.07 Å². The van der Waals surface area contributed by atoms with Crippen molar-refractivity contribution in [3.63, 3.8) is 0 Å². The fourth-order valence-corrected chi connectivity index (χ4v) is 3.94. The van der Waals surface area contributed by atoms with Crippen LogP contribution < -0.4 is 10.2 Å². The second-order valence-electron chi connectivity index (χ2n) is 7.54. The molecule has 1 aliphatic carbocycles. The SMILES string of the molecule is O=C(COC(=O)Cc1ccc2c(c1)CCC2)Nc1ccc(N2CCCC2=O)cc1. The third kappa shape index (κ3) is 4.65. The number of ether oxygens (including phenoxy) is 1. The van der Waals surface area contributed by atoms with Crippen LogP contribution >= 0.6 is 0 Å². The molecule has 1 heterocycles. The second-order valence-corrected chi connectivity index (χ2v) is 7.54. The van der Waals surface area contributed by atoms with E-state index in [1.165, 1.54) is 17.5 Å². The molecule has 0 bridgehead atoms. The number of benzene rings is 2. The topological polar surface area (TPSA) is 75.7 Å². The standard InChI is InChI=1S/C23H24N2O4/c26-21(24-19-8-10-20(11-9-19)25-12-2-5-22(25)27)15-29-23(28)14-16-6-7-17-3-1-4-18(17)13-16/h6-11,13H,1-5,12,14-15H2,(H,24,26). The molecule has 1 fully saturated rings. The summed E-state index contributed by atoms with van der Waals surface area (Å²) >= 11 is 0. The number of nitrogens with one attached hydrogen (secondary N) is 1. The number of fused-ring (bicyclic) bond motifs is 1. The van der Waals surface area contributed by atoms with Gasteiger partial charge in [-0.1, -0.05) is 18.2 Å². The summed E-state index contributed by atoms with van der Waals surface area (Å²) in [6.45, 7) is 0.404. The first-order valence-corrected chi connectivity index (χ1v) is 10.0. The van der Waals surface area contributed by atoms with E-state index >= 15 is 0 Å². The maximum atomic E-state index is 12.1. The van der Waals surface area contributed by atoms with Crippen molar-refractivity contribution in [2.45, 2.75) is 38.5 Å². The number of aryl methyl sites for hydroxylation is 2. The molecule has 2 amide bonds. The fourth-order valence-electron chi connectivity index (χ4n) is 3.94. The Bertz CT molecular complexity index is 936. The lowest BCUT2D eigenvalue weighted by atomic mass is 10.0. The van der Waals surface area contributed by atoms with E-state index in [1.54, 1.807) is 29.2 Å². The molecule has 2 aliphatic rings. The Labute approximate surface area is 169 Å². The highest BCUT2D eigenvalue weighted by atomic mass is 16.5. The molecule has 4 rings (SSSR count). The van der Waals surface area contributed by atoms with Gasteiger partial charge in [0.15, 0.2) is 6.61 Å². The molecule has 1 N–H and O–H groups in total. The van der Waals surface area contributed by atoms with Crippen LogP contribution in [-0.2, 0) is 38.4 Å². The summed E-state index contributed by atoms with van der Waals surface area (Å²) < 4.78 is 5.11. The van der Waals surface area contributed by atoms with E-state index in [2.05, 4.69) is 17.4 Å². The Kier molecular flexibility index (Phi) is 5.60. The van der Waals surface area contributed by atoms with Gasteiger partial charge in [0.05, 0.1) is 6.42 Å². The minimum atomic E-state index is -0.416. The van der Waals surface area contributed by atoms with Crippen LogP contribution in [0.3, 0.4) is 0 Å². The van der Waals surface area contributed by atoms with Crippen LogP contribution in [0.4, 0.5) is 11.4 Å². The number of amides is 2.